The Balaban J connectivity index is 1.42. The van der Waals surface area contributed by atoms with Gasteiger partial charge in [0.25, 0.3) is 0 Å². The Bertz CT molecular complexity index is 645. The molecule has 0 bridgehead atoms. The van der Waals surface area contributed by atoms with Crippen LogP contribution in [0.25, 0.3) is 0 Å². The minimum absolute atomic E-state index is 0.0509. The Labute approximate surface area is 163 Å². The van der Waals surface area contributed by atoms with E-state index in [0.29, 0.717) is 12.5 Å². The van der Waals surface area contributed by atoms with Gasteiger partial charge in [-0.1, -0.05) is 31.2 Å². The van der Waals surface area contributed by atoms with Crippen molar-refractivity contribution >= 4 is 11.8 Å². The summed E-state index contributed by atoms with van der Waals surface area (Å²) in [6, 6.07) is 8.15. The summed E-state index contributed by atoms with van der Waals surface area (Å²) < 4.78 is 0. The molecular formula is C22H33N3O2. The van der Waals surface area contributed by atoms with E-state index in [1.807, 2.05) is 17.0 Å². The summed E-state index contributed by atoms with van der Waals surface area (Å²) in [6.07, 6.45) is 3.33. The van der Waals surface area contributed by atoms with Crippen LogP contribution in [0.1, 0.15) is 43.7 Å². The second kappa shape index (κ2) is 9.36. The van der Waals surface area contributed by atoms with Gasteiger partial charge in [-0.25, -0.2) is 0 Å². The van der Waals surface area contributed by atoms with E-state index in [-0.39, 0.29) is 17.7 Å². The predicted octanol–water partition coefficient (Wildman–Crippen LogP) is 2.58. The number of nitrogens with zero attached hydrogens (tertiary/aromatic N) is 2. The first-order valence-electron chi connectivity index (χ1n) is 10.4. The second-order valence-electron chi connectivity index (χ2n) is 7.95. The van der Waals surface area contributed by atoms with Gasteiger partial charge in [-0.3, -0.25) is 9.59 Å². The van der Waals surface area contributed by atoms with Crippen molar-refractivity contribution in [3.8, 4) is 0 Å². The van der Waals surface area contributed by atoms with Crippen molar-refractivity contribution in [1.82, 2.24) is 15.1 Å². The number of hydrogen-bond donors (Lipinski definition) is 1. The number of aryl methyl sites for hydroxylation is 1. The maximum atomic E-state index is 12.8. The summed E-state index contributed by atoms with van der Waals surface area (Å²) in [6.45, 7) is 9.56. The lowest BCUT2D eigenvalue weighted by molar-refractivity contribution is -0.140. The lowest BCUT2D eigenvalue weighted by Crippen LogP contribution is -2.50. The maximum Gasteiger partial charge on any atom is 0.225 e. The molecule has 1 heterocycles. The SMILES string of the molecule is CCN1CCN(C(=O)C2CCC(C(=O)NCc3ccccc3C)CC2)CC1. The predicted molar refractivity (Wildman–Crippen MR) is 107 cm³/mol. The zero-order valence-corrected chi connectivity index (χ0v) is 16.7. The molecular weight excluding hydrogens is 338 g/mol. The molecule has 0 unspecified atom stereocenters. The third-order valence-electron chi connectivity index (χ3n) is 6.29. The molecule has 0 atom stereocenters. The van der Waals surface area contributed by atoms with Crippen molar-refractivity contribution in [2.24, 2.45) is 11.8 Å². The smallest absolute Gasteiger partial charge is 0.225 e. The first-order valence-corrected chi connectivity index (χ1v) is 10.4. The first-order chi connectivity index (χ1) is 13.1. The van der Waals surface area contributed by atoms with Gasteiger partial charge in [0.05, 0.1) is 0 Å². The van der Waals surface area contributed by atoms with Crippen molar-refractivity contribution < 1.29 is 9.59 Å². The molecule has 1 aliphatic carbocycles. The number of hydrogen-bond acceptors (Lipinski definition) is 3. The Morgan fingerprint density at radius 3 is 2.26 bits per heavy atom. The standard InChI is InChI=1S/C22H33N3O2/c1-3-24-12-14-25(15-13-24)22(27)19-10-8-18(9-11-19)21(26)23-16-20-7-5-4-6-17(20)2/h4-7,18-19H,3,8-16H2,1-2H3,(H,23,26). The molecule has 148 valence electrons. The molecule has 1 saturated carbocycles. The van der Waals surface area contributed by atoms with Crippen LogP contribution in [-0.2, 0) is 16.1 Å². The van der Waals surface area contributed by atoms with Gasteiger partial charge in [0.1, 0.15) is 0 Å². The summed E-state index contributed by atoms with van der Waals surface area (Å²) in [7, 11) is 0. The van der Waals surface area contributed by atoms with Crippen molar-refractivity contribution in [3.63, 3.8) is 0 Å². The topological polar surface area (TPSA) is 52.7 Å². The van der Waals surface area contributed by atoms with Crippen molar-refractivity contribution in [3.05, 3.63) is 35.4 Å². The summed E-state index contributed by atoms with van der Waals surface area (Å²) in [4.78, 5) is 29.7. The lowest BCUT2D eigenvalue weighted by Gasteiger charge is -2.37. The van der Waals surface area contributed by atoms with Gasteiger partial charge in [0.2, 0.25) is 11.8 Å². The molecule has 1 aliphatic heterocycles. The zero-order valence-electron chi connectivity index (χ0n) is 16.7. The first kappa shape index (κ1) is 19.9. The number of piperazine rings is 1. The van der Waals surface area contributed by atoms with E-state index in [1.165, 1.54) is 11.1 Å². The molecule has 27 heavy (non-hydrogen) atoms. The number of benzene rings is 1. The van der Waals surface area contributed by atoms with Crippen molar-refractivity contribution in [1.29, 1.82) is 0 Å². The summed E-state index contributed by atoms with van der Waals surface area (Å²) in [5.74, 6) is 0.610. The van der Waals surface area contributed by atoms with Crippen molar-refractivity contribution in [2.45, 2.75) is 46.1 Å². The fourth-order valence-electron chi connectivity index (χ4n) is 4.28. The number of likely N-dealkylation sites (N-methyl/N-ethyl adjacent to an activating group) is 1. The van der Waals surface area contributed by atoms with E-state index in [4.69, 9.17) is 0 Å². The van der Waals surface area contributed by atoms with Crippen LogP contribution in [-0.4, -0.2) is 54.3 Å². The van der Waals surface area contributed by atoms with E-state index >= 15 is 0 Å². The highest BCUT2D eigenvalue weighted by Crippen LogP contribution is 2.30. The van der Waals surface area contributed by atoms with Crippen LogP contribution in [0.4, 0.5) is 0 Å². The number of carbonyl (C=O) groups is 2. The third kappa shape index (κ3) is 5.10. The van der Waals surface area contributed by atoms with Crippen LogP contribution in [0.3, 0.4) is 0 Å². The number of rotatable bonds is 5. The van der Waals surface area contributed by atoms with E-state index < -0.39 is 0 Å². The molecule has 2 amide bonds. The van der Waals surface area contributed by atoms with Gasteiger partial charge in [-0.2, -0.15) is 0 Å². The molecule has 5 nitrogen and oxygen atoms in total. The molecule has 0 radical (unpaired) electrons. The average molecular weight is 372 g/mol. The van der Waals surface area contributed by atoms with Crippen LogP contribution >= 0.6 is 0 Å². The van der Waals surface area contributed by atoms with Gasteiger partial charge in [0.15, 0.2) is 0 Å². The Morgan fingerprint density at radius 2 is 1.63 bits per heavy atom. The molecule has 0 spiro atoms. The molecule has 0 aromatic heterocycles. The van der Waals surface area contributed by atoms with Crippen molar-refractivity contribution in [2.75, 3.05) is 32.7 Å². The zero-order chi connectivity index (χ0) is 19.2. The van der Waals surface area contributed by atoms with Gasteiger partial charge < -0.3 is 15.1 Å². The number of amides is 2. The van der Waals surface area contributed by atoms with Gasteiger partial charge >= 0.3 is 0 Å². The molecule has 1 aromatic carbocycles. The Morgan fingerprint density at radius 1 is 1.00 bits per heavy atom. The summed E-state index contributed by atoms with van der Waals surface area (Å²) in [5.41, 5.74) is 2.37. The molecule has 5 heteroatoms. The van der Waals surface area contributed by atoms with E-state index in [9.17, 15) is 9.59 Å². The fraction of sp³-hybridized carbons (Fsp3) is 0.636. The summed E-state index contributed by atoms with van der Waals surface area (Å²) >= 11 is 0. The molecule has 2 fully saturated rings. The minimum atomic E-state index is 0.0509. The fourth-order valence-corrected chi connectivity index (χ4v) is 4.28. The van der Waals surface area contributed by atoms with Crippen LogP contribution in [0.5, 0.6) is 0 Å². The van der Waals surface area contributed by atoms with E-state index in [2.05, 4.69) is 36.2 Å². The van der Waals surface area contributed by atoms with Crippen LogP contribution in [0.15, 0.2) is 24.3 Å². The summed E-state index contributed by atoms with van der Waals surface area (Å²) in [5, 5.41) is 3.09. The molecule has 1 N–H and O–H groups in total. The highest BCUT2D eigenvalue weighted by atomic mass is 16.2. The number of nitrogens with one attached hydrogen (secondary N) is 1. The molecule has 2 aliphatic rings. The quantitative estimate of drug-likeness (QED) is 0.866. The highest BCUT2D eigenvalue weighted by molar-refractivity contribution is 5.81. The molecule has 3 rings (SSSR count). The monoisotopic (exact) mass is 371 g/mol. The average Bonchev–Trinajstić information content (AvgIpc) is 2.72. The highest BCUT2D eigenvalue weighted by Gasteiger charge is 2.33. The largest absolute Gasteiger partial charge is 0.352 e. The molecule has 1 aromatic rings. The Kier molecular flexibility index (Phi) is 6.89. The van der Waals surface area contributed by atoms with Crippen LogP contribution in [0.2, 0.25) is 0 Å². The lowest BCUT2D eigenvalue weighted by atomic mass is 9.80. The maximum absolute atomic E-state index is 12.8. The normalized spacial score (nSPS) is 23.9. The minimum Gasteiger partial charge on any atom is -0.352 e. The van der Waals surface area contributed by atoms with E-state index in [0.717, 1.165) is 58.4 Å². The number of carbonyl (C=O) groups excluding carboxylic acids is 2. The van der Waals surface area contributed by atoms with Gasteiger partial charge in [-0.15, -0.1) is 0 Å². The van der Waals surface area contributed by atoms with Crippen LogP contribution in [0, 0.1) is 18.8 Å². The Hall–Kier alpha value is -1.88. The third-order valence-corrected chi connectivity index (χ3v) is 6.29. The second-order valence-corrected chi connectivity index (χ2v) is 7.95. The van der Waals surface area contributed by atoms with E-state index in [1.54, 1.807) is 0 Å². The van der Waals surface area contributed by atoms with Crippen LogP contribution < -0.4 is 5.32 Å². The molecule has 1 saturated heterocycles. The van der Waals surface area contributed by atoms with Gasteiger partial charge in [0, 0.05) is 44.6 Å². The van der Waals surface area contributed by atoms with Gasteiger partial charge in [-0.05, 0) is 50.3 Å².